The van der Waals surface area contributed by atoms with Crippen LogP contribution in [0.3, 0.4) is 0 Å². The number of anilines is 1. The van der Waals surface area contributed by atoms with Crippen LogP contribution in [0.25, 0.3) is 0 Å². The maximum atomic E-state index is 11.8. The number of nitrogens with zero attached hydrogens (tertiary/aromatic N) is 2. The van der Waals surface area contributed by atoms with Crippen molar-refractivity contribution in [3.8, 4) is 0 Å². The Morgan fingerprint density at radius 1 is 1.35 bits per heavy atom. The summed E-state index contributed by atoms with van der Waals surface area (Å²) in [6.45, 7) is 2.94. The maximum absolute atomic E-state index is 11.8. The Kier molecular flexibility index (Phi) is 4.20. The zero-order chi connectivity index (χ0) is 12.1. The van der Waals surface area contributed by atoms with Gasteiger partial charge in [0.2, 0.25) is 5.91 Å². The Morgan fingerprint density at radius 2 is 2.12 bits per heavy atom. The van der Waals surface area contributed by atoms with Crippen molar-refractivity contribution < 1.29 is 4.79 Å². The van der Waals surface area contributed by atoms with E-state index in [4.69, 9.17) is 0 Å². The molecule has 1 fully saturated rings. The third-order valence-electron chi connectivity index (χ3n) is 2.54. The van der Waals surface area contributed by atoms with Gasteiger partial charge in [-0.2, -0.15) is 0 Å². The summed E-state index contributed by atoms with van der Waals surface area (Å²) in [6, 6.07) is 9.72. The van der Waals surface area contributed by atoms with Crippen molar-refractivity contribution in [1.82, 2.24) is 0 Å². The van der Waals surface area contributed by atoms with Gasteiger partial charge in [0, 0.05) is 6.54 Å². The monoisotopic (exact) mass is 248 g/mol. The lowest BCUT2D eigenvalue weighted by atomic mass is 10.3. The summed E-state index contributed by atoms with van der Waals surface area (Å²) in [6.07, 6.45) is 2.20. The van der Waals surface area contributed by atoms with Gasteiger partial charge in [-0.25, -0.2) is 0 Å². The summed E-state index contributed by atoms with van der Waals surface area (Å²) >= 11 is 1.53. The number of hydrogen-bond donors (Lipinski definition) is 0. The van der Waals surface area contributed by atoms with Gasteiger partial charge in [0.15, 0.2) is 5.17 Å². The number of carbonyl (C=O) groups excluding carboxylic acids is 1. The Labute approximate surface area is 106 Å². The third kappa shape index (κ3) is 2.88. The van der Waals surface area contributed by atoms with Crippen LogP contribution in [0.4, 0.5) is 5.69 Å². The lowest BCUT2D eigenvalue weighted by Crippen LogP contribution is -2.29. The van der Waals surface area contributed by atoms with Gasteiger partial charge in [-0.05, 0) is 18.6 Å². The first-order valence-electron chi connectivity index (χ1n) is 5.88. The molecule has 17 heavy (non-hydrogen) atoms. The van der Waals surface area contributed by atoms with Crippen molar-refractivity contribution in [2.75, 3.05) is 17.2 Å². The Balaban J connectivity index is 2.17. The average Bonchev–Trinajstić information content (AvgIpc) is 2.72. The molecule has 0 saturated carbocycles. The molecule has 1 aromatic rings. The van der Waals surface area contributed by atoms with Crippen LogP contribution in [0.2, 0.25) is 0 Å². The van der Waals surface area contributed by atoms with Gasteiger partial charge < -0.3 is 0 Å². The quantitative estimate of drug-likeness (QED) is 0.767. The van der Waals surface area contributed by atoms with E-state index in [9.17, 15) is 4.79 Å². The van der Waals surface area contributed by atoms with E-state index in [1.807, 2.05) is 30.3 Å². The molecule has 0 bridgehead atoms. The molecule has 0 atom stereocenters. The highest BCUT2D eigenvalue weighted by molar-refractivity contribution is 8.15. The van der Waals surface area contributed by atoms with Crippen LogP contribution < -0.4 is 4.90 Å². The van der Waals surface area contributed by atoms with Gasteiger partial charge in [-0.1, -0.05) is 43.3 Å². The predicted octanol–water partition coefficient (Wildman–Crippen LogP) is 2.92. The highest BCUT2D eigenvalue weighted by Gasteiger charge is 2.28. The van der Waals surface area contributed by atoms with E-state index >= 15 is 0 Å². The molecule has 4 heteroatoms. The molecule has 0 unspecified atom stereocenters. The van der Waals surface area contributed by atoms with Gasteiger partial charge in [0.25, 0.3) is 0 Å². The molecule has 0 aromatic heterocycles. The number of para-hydroxylation sites is 1. The first-order valence-corrected chi connectivity index (χ1v) is 6.86. The van der Waals surface area contributed by atoms with Crippen molar-refractivity contribution in [1.29, 1.82) is 0 Å². The van der Waals surface area contributed by atoms with E-state index in [0.717, 1.165) is 30.2 Å². The molecule has 90 valence electrons. The number of rotatable bonds is 4. The lowest BCUT2D eigenvalue weighted by Gasteiger charge is -2.15. The lowest BCUT2D eigenvalue weighted by molar-refractivity contribution is -0.115. The van der Waals surface area contributed by atoms with E-state index in [2.05, 4.69) is 11.9 Å². The average molecular weight is 248 g/mol. The van der Waals surface area contributed by atoms with Crippen molar-refractivity contribution in [3.63, 3.8) is 0 Å². The number of amides is 1. The fourth-order valence-corrected chi connectivity index (χ4v) is 2.54. The van der Waals surface area contributed by atoms with Gasteiger partial charge in [0.1, 0.15) is 0 Å². The normalized spacial score (nSPS) is 18.1. The van der Waals surface area contributed by atoms with Crippen LogP contribution in [0, 0.1) is 0 Å². The summed E-state index contributed by atoms with van der Waals surface area (Å²) in [5.74, 6) is 0.622. The largest absolute Gasteiger partial charge is 0.273 e. The standard InChI is InChI=1S/C13H16N2OS/c1-2-3-9-14-13-15(12(16)10-17-13)11-7-5-4-6-8-11/h4-8H,2-3,9-10H2,1H3. The minimum Gasteiger partial charge on any atom is -0.273 e. The molecule has 1 amide bonds. The predicted molar refractivity (Wildman–Crippen MR) is 73.6 cm³/mol. The molecule has 1 aromatic carbocycles. The molecule has 0 aliphatic carbocycles. The van der Waals surface area contributed by atoms with E-state index in [0.29, 0.717) is 5.75 Å². The fourth-order valence-electron chi connectivity index (χ4n) is 1.64. The van der Waals surface area contributed by atoms with E-state index in [1.54, 1.807) is 4.90 Å². The number of amidine groups is 1. The summed E-state index contributed by atoms with van der Waals surface area (Å²) in [4.78, 5) is 18.1. The minimum absolute atomic E-state index is 0.122. The van der Waals surface area contributed by atoms with Crippen LogP contribution in [0.15, 0.2) is 35.3 Å². The third-order valence-corrected chi connectivity index (χ3v) is 3.50. The summed E-state index contributed by atoms with van der Waals surface area (Å²) in [7, 11) is 0. The smallest absolute Gasteiger partial charge is 0.243 e. The number of benzene rings is 1. The Hall–Kier alpha value is -1.29. The number of thioether (sulfide) groups is 1. The Bertz CT molecular complexity index is 417. The number of hydrogen-bond acceptors (Lipinski definition) is 3. The first-order chi connectivity index (χ1) is 8.33. The summed E-state index contributed by atoms with van der Waals surface area (Å²) in [5, 5.41) is 0.842. The SMILES string of the molecule is CCCCN=C1SCC(=O)N1c1ccccc1. The molecule has 0 N–H and O–H groups in total. The van der Waals surface area contributed by atoms with Gasteiger partial charge in [-0.15, -0.1) is 0 Å². The zero-order valence-electron chi connectivity index (χ0n) is 9.93. The molecule has 0 radical (unpaired) electrons. The fraction of sp³-hybridized carbons (Fsp3) is 0.385. The molecule has 1 saturated heterocycles. The van der Waals surface area contributed by atoms with Crippen molar-refractivity contribution in [3.05, 3.63) is 30.3 Å². The second-order valence-corrected chi connectivity index (χ2v) is 4.81. The summed E-state index contributed by atoms with van der Waals surface area (Å²) < 4.78 is 0. The van der Waals surface area contributed by atoms with Crippen molar-refractivity contribution in [2.45, 2.75) is 19.8 Å². The molecular weight excluding hydrogens is 232 g/mol. The second kappa shape index (κ2) is 5.87. The van der Waals surface area contributed by atoms with E-state index in [1.165, 1.54) is 11.8 Å². The van der Waals surface area contributed by atoms with Crippen LogP contribution in [-0.4, -0.2) is 23.4 Å². The van der Waals surface area contributed by atoms with Crippen LogP contribution in [-0.2, 0) is 4.79 Å². The van der Waals surface area contributed by atoms with Crippen LogP contribution in [0.1, 0.15) is 19.8 Å². The molecule has 1 aliphatic heterocycles. The molecule has 0 spiro atoms. The van der Waals surface area contributed by atoms with Gasteiger partial charge in [-0.3, -0.25) is 14.7 Å². The highest BCUT2D eigenvalue weighted by Crippen LogP contribution is 2.26. The topological polar surface area (TPSA) is 32.7 Å². The number of aliphatic imine (C=N–C) groups is 1. The molecule has 1 heterocycles. The number of unbranched alkanes of at least 4 members (excludes halogenated alkanes) is 1. The maximum Gasteiger partial charge on any atom is 0.243 e. The summed E-state index contributed by atoms with van der Waals surface area (Å²) in [5.41, 5.74) is 0.915. The first kappa shape index (κ1) is 12.2. The van der Waals surface area contributed by atoms with Crippen LogP contribution in [0.5, 0.6) is 0 Å². The zero-order valence-corrected chi connectivity index (χ0v) is 10.7. The molecular formula is C13H16N2OS. The van der Waals surface area contributed by atoms with Crippen LogP contribution >= 0.6 is 11.8 Å². The minimum atomic E-state index is 0.122. The number of carbonyl (C=O) groups is 1. The highest BCUT2D eigenvalue weighted by atomic mass is 32.2. The van der Waals surface area contributed by atoms with Gasteiger partial charge in [0.05, 0.1) is 11.4 Å². The molecule has 2 rings (SSSR count). The molecule has 3 nitrogen and oxygen atoms in total. The van der Waals surface area contributed by atoms with Crippen molar-refractivity contribution >= 4 is 28.5 Å². The second-order valence-electron chi connectivity index (χ2n) is 3.87. The Morgan fingerprint density at radius 3 is 2.82 bits per heavy atom. The van der Waals surface area contributed by atoms with E-state index < -0.39 is 0 Å². The van der Waals surface area contributed by atoms with Crippen molar-refractivity contribution in [2.24, 2.45) is 4.99 Å². The van der Waals surface area contributed by atoms with E-state index in [-0.39, 0.29) is 5.91 Å². The van der Waals surface area contributed by atoms with Gasteiger partial charge >= 0.3 is 0 Å². The molecule has 1 aliphatic rings.